The summed E-state index contributed by atoms with van der Waals surface area (Å²) in [6, 6.07) is 12.0. The van der Waals surface area contributed by atoms with Gasteiger partial charge in [0.05, 0.1) is 12.1 Å². The van der Waals surface area contributed by atoms with Crippen LogP contribution in [0.15, 0.2) is 47.2 Å². The van der Waals surface area contributed by atoms with Gasteiger partial charge in [0.15, 0.2) is 5.13 Å². The average Bonchev–Trinajstić information content (AvgIpc) is 3.19. The van der Waals surface area contributed by atoms with E-state index in [4.69, 9.17) is 4.74 Å². The highest BCUT2D eigenvalue weighted by atomic mass is 32.1. The molecule has 0 saturated carbocycles. The van der Waals surface area contributed by atoms with E-state index in [-0.39, 0.29) is 12.6 Å². The molecule has 0 aliphatic rings. The molecule has 1 aromatic carbocycles. The van der Waals surface area contributed by atoms with Crippen molar-refractivity contribution in [2.45, 2.75) is 20.0 Å². The summed E-state index contributed by atoms with van der Waals surface area (Å²) in [6.45, 7) is 2.26. The van der Waals surface area contributed by atoms with Gasteiger partial charge in [-0.15, -0.1) is 22.7 Å². The molecule has 0 radical (unpaired) electrons. The van der Waals surface area contributed by atoms with E-state index in [0.717, 1.165) is 21.4 Å². The van der Waals surface area contributed by atoms with Crippen LogP contribution in [0.1, 0.15) is 16.1 Å². The molecule has 0 atom stereocenters. The van der Waals surface area contributed by atoms with E-state index in [1.54, 1.807) is 11.3 Å². The number of ether oxygens (including phenoxy) is 1. The van der Waals surface area contributed by atoms with Crippen molar-refractivity contribution in [2.75, 3.05) is 5.32 Å². The maximum absolute atomic E-state index is 11.8. The van der Waals surface area contributed by atoms with Gasteiger partial charge < -0.3 is 10.1 Å². The third-order valence-corrected chi connectivity index (χ3v) is 4.82. The molecule has 0 aliphatic heterocycles. The first kappa shape index (κ1) is 15.7. The Kier molecular flexibility index (Phi) is 5.05. The molecule has 0 spiro atoms. The van der Waals surface area contributed by atoms with E-state index in [1.165, 1.54) is 16.9 Å². The molecule has 23 heavy (non-hydrogen) atoms. The summed E-state index contributed by atoms with van der Waals surface area (Å²) in [4.78, 5) is 17.2. The predicted octanol–water partition coefficient (Wildman–Crippen LogP) is 4.54. The van der Waals surface area contributed by atoms with Crippen molar-refractivity contribution < 1.29 is 9.53 Å². The van der Waals surface area contributed by atoms with E-state index in [9.17, 15) is 4.79 Å². The second-order valence-electron chi connectivity index (χ2n) is 5.05. The number of aryl methyl sites for hydroxylation is 1. The number of carbonyl (C=O) groups excluding carboxylic acids is 1. The van der Waals surface area contributed by atoms with Crippen molar-refractivity contribution in [2.24, 2.45) is 0 Å². The third-order valence-electron chi connectivity index (χ3n) is 3.13. The zero-order valence-electron chi connectivity index (χ0n) is 12.6. The summed E-state index contributed by atoms with van der Waals surface area (Å²) in [6.07, 6.45) is 0.316. The average molecular weight is 344 g/mol. The molecule has 4 nitrogen and oxygen atoms in total. The monoisotopic (exact) mass is 344 g/mol. The minimum atomic E-state index is -0.228. The fraction of sp³-hybridized carbons (Fsp3) is 0.176. The van der Waals surface area contributed by atoms with Gasteiger partial charge in [-0.3, -0.25) is 4.79 Å². The number of nitrogens with zero attached hydrogens (tertiary/aromatic N) is 1. The van der Waals surface area contributed by atoms with Crippen molar-refractivity contribution >= 4 is 39.5 Å². The molecule has 3 rings (SSSR count). The summed E-state index contributed by atoms with van der Waals surface area (Å²) in [5.74, 6) is -0.228. The Hall–Kier alpha value is -2.18. The van der Waals surface area contributed by atoms with Crippen LogP contribution in [-0.4, -0.2) is 11.0 Å². The summed E-state index contributed by atoms with van der Waals surface area (Å²) in [5, 5.41) is 7.88. The van der Waals surface area contributed by atoms with E-state index in [1.807, 2.05) is 47.2 Å². The van der Waals surface area contributed by atoms with Crippen molar-refractivity contribution in [3.8, 4) is 0 Å². The Morgan fingerprint density at radius 1 is 1.22 bits per heavy atom. The lowest BCUT2D eigenvalue weighted by Crippen LogP contribution is -2.07. The number of thiophene rings is 1. The number of anilines is 2. The highest BCUT2D eigenvalue weighted by molar-refractivity contribution is 7.13. The summed E-state index contributed by atoms with van der Waals surface area (Å²) in [7, 11) is 0. The van der Waals surface area contributed by atoms with Crippen LogP contribution in [0.3, 0.4) is 0 Å². The highest BCUT2D eigenvalue weighted by Crippen LogP contribution is 2.21. The van der Waals surface area contributed by atoms with Gasteiger partial charge in [-0.25, -0.2) is 4.98 Å². The Labute approximate surface area is 142 Å². The van der Waals surface area contributed by atoms with Crippen LogP contribution in [0.4, 0.5) is 10.8 Å². The quantitative estimate of drug-likeness (QED) is 0.667. The minimum absolute atomic E-state index is 0.205. The maximum atomic E-state index is 11.8. The van der Waals surface area contributed by atoms with Crippen LogP contribution < -0.4 is 5.32 Å². The van der Waals surface area contributed by atoms with Gasteiger partial charge in [0.2, 0.25) is 0 Å². The molecule has 0 unspecified atom stereocenters. The number of esters is 1. The van der Waals surface area contributed by atoms with Gasteiger partial charge in [0.25, 0.3) is 0 Å². The Balaban J connectivity index is 1.51. The van der Waals surface area contributed by atoms with E-state index in [2.05, 4.69) is 17.2 Å². The third kappa shape index (κ3) is 4.64. The molecule has 6 heteroatoms. The minimum Gasteiger partial charge on any atom is -0.459 e. The second-order valence-corrected chi connectivity index (χ2v) is 6.94. The zero-order valence-corrected chi connectivity index (χ0v) is 14.2. The van der Waals surface area contributed by atoms with E-state index >= 15 is 0 Å². The lowest BCUT2D eigenvalue weighted by molar-refractivity contribution is -0.144. The Bertz CT molecular complexity index is 764. The van der Waals surface area contributed by atoms with E-state index in [0.29, 0.717) is 6.42 Å². The molecular weight excluding hydrogens is 328 g/mol. The molecule has 3 aromatic rings. The molecule has 2 heterocycles. The number of aromatic nitrogens is 1. The standard InChI is InChI=1S/C17H16N2O2S2/c1-12-4-6-13(7-5-12)18-17-19-14(11-23-17)10-21-16(20)9-15-3-2-8-22-15/h2-8,11H,9-10H2,1H3,(H,18,19). The van der Waals surface area contributed by atoms with Gasteiger partial charge in [-0.05, 0) is 30.5 Å². The van der Waals surface area contributed by atoms with Crippen LogP contribution in [-0.2, 0) is 22.6 Å². The van der Waals surface area contributed by atoms with Crippen molar-refractivity contribution in [1.82, 2.24) is 4.98 Å². The number of nitrogens with one attached hydrogen (secondary N) is 1. The predicted molar refractivity (Wildman–Crippen MR) is 94.4 cm³/mol. The zero-order chi connectivity index (χ0) is 16.1. The van der Waals surface area contributed by atoms with Crippen LogP contribution in [0.2, 0.25) is 0 Å². The molecule has 1 N–H and O–H groups in total. The lowest BCUT2D eigenvalue weighted by atomic mass is 10.2. The smallest absolute Gasteiger partial charge is 0.311 e. The second kappa shape index (κ2) is 7.39. The molecule has 0 fully saturated rings. The van der Waals surface area contributed by atoms with Crippen LogP contribution in [0, 0.1) is 6.92 Å². The first-order chi connectivity index (χ1) is 11.2. The SMILES string of the molecule is Cc1ccc(Nc2nc(COC(=O)Cc3cccs3)cs2)cc1. The largest absolute Gasteiger partial charge is 0.459 e. The van der Waals surface area contributed by atoms with Gasteiger partial charge >= 0.3 is 5.97 Å². The topological polar surface area (TPSA) is 51.2 Å². The maximum Gasteiger partial charge on any atom is 0.311 e. The lowest BCUT2D eigenvalue weighted by Gasteiger charge is -2.03. The van der Waals surface area contributed by atoms with Crippen LogP contribution in [0.5, 0.6) is 0 Å². The number of carbonyl (C=O) groups is 1. The molecule has 118 valence electrons. The van der Waals surface area contributed by atoms with Crippen LogP contribution in [0.25, 0.3) is 0 Å². The van der Waals surface area contributed by atoms with E-state index < -0.39 is 0 Å². The van der Waals surface area contributed by atoms with Gasteiger partial charge in [-0.2, -0.15) is 0 Å². The molecule has 0 bridgehead atoms. The highest BCUT2D eigenvalue weighted by Gasteiger charge is 2.08. The van der Waals surface area contributed by atoms with Gasteiger partial charge in [-0.1, -0.05) is 23.8 Å². The number of thiazole rings is 1. The van der Waals surface area contributed by atoms with Crippen LogP contribution >= 0.6 is 22.7 Å². The van der Waals surface area contributed by atoms with Gasteiger partial charge in [0.1, 0.15) is 6.61 Å². The fourth-order valence-electron chi connectivity index (χ4n) is 1.95. The summed E-state index contributed by atoms with van der Waals surface area (Å²) in [5.41, 5.74) is 2.96. The number of benzene rings is 1. The molecular formula is C17H16N2O2S2. The van der Waals surface area contributed by atoms with Gasteiger partial charge in [0, 0.05) is 15.9 Å². The number of hydrogen-bond acceptors (Lipinski definition) is 6. The Morgan fingerprint density at radius 3 is 2.78 bits per heavy atom. The van der Waals surface area contributed by atoms with Crippen molar-refractivity contribution in [3.63, 3.8) is 0 Å². The Morgan fingerprint density at radius 2 is 2.04 bits per heavy atom. The fourth-order valence-corrected chi connectivity index (χ4v) is 3.36. The number of rotatable bonds is 6. The molecule has 0 amide bonds. The first-order valence-electron chi connectivity index (χ1n) is 7.15. The van der Waals surface area contributed by atoms with Crippen molar-refractivity contribution in [3.05, 3.63) is 63.3 Å². The molecule has 0 aliphatic carbocycles. The summed E-state index contributed by atoms with van der Waals surface area (Å²) >= 11 is 3.05. The summed E-state index contributed by atoms with van der Waals surface area (Å²) < 4.78 is 5.26. The molecule has 0 saturated heterocycles. The van der Waals surface area contributed by atoms with Crippen molar-refractivity contribution in [1.29, 1.82) is 0 Å². The first-order valence-corrected chi connectivity index (χ1v) is 8.91. The number of hydrogen-bond donors (Lipinski definition) is 1. The molecule has 2 aromatic heterocycles. The normalized spacial score (nSPS) is 10.5.